The number of carbonyl (C=O) groups is 1. The molecule has 1 aliphatic carbocycles. The molecule has 0 aromatic carbocycles. The minimum Gasteiger partial charge on any atom is -0.271 e. The van der Waals surface area contributed by atoms with Crippen molar-refractivity contribution in [2.45, 2.75) is 46.1 Å². The molecule has 0 spiro atoms. The van der Waals surface area contributed by atoms with E-state index >= 15 is 0 Å². The van der Waals surface area contributed by atoms with Gasteiger partial charge in [-0.15, -0.1) is 0 Å². The standard InChI is InChI=1S/C12H18N4O/c1-9-7-10(2)16(15-9)8-12(17)14-13-11-5-3-4-6-11/h7H,3-6,8H2,1-2H3,(H,14,17). The zero-order chi connectivity index (χ0) is 12.3. The first-order chi connectivity index (χ1) is 8.15. The molecule has 0 atom stereocenters. The second-order valence-electron chi connectivity index (χ2n) is 4.50. The Hall–Kier alpha value is -1.65. The lowest BCUT2D eigenvalue weighted by Crippen LogP contribution is -2.25. The van der Waals surface area contributed by atoms with E-state index in [1.54, 1.807) is 4.68 Å². The second kappa shape index (κ2) is 5.12. The van der Waals surface area contributed by atoms with E-state index in [-0.39, 0.29) is 12.5 Å². The fourth-order valence-corrected chi connectivity index (χ4v) is 2.04. The highest BCUT2D eigenvalue weighted by Gasteiger charge is 2.10. The van der Waals surface area contributed by atoms with Crippen LogP contribution in [-0.4, -0.2) is 21.4 Å². The molecule has 1 heterocycles. The van der Waals surface area contributed by atoms with Crippen molar-refractivity contribution >= 4 is 11.6 Å². The van der Waals surface area contributed by atoms with Crippen LogP contribution in [0.2, 0.25) is 0 Å². The van der Waals surface area contributed by atoms with E-state index in [0.29, 0.717) is 0 Å². The molecule has 1 aromatic heterocycles. The van der Waals surface area contributed by atoms with Gasteiger partial charge in [0.2, 0.25) is 0 Å². The zero-order valence-corrected chi connectivity index (χ0v) is 10.4. The molecule has 0 bridgehead atoms. The summed E-state index contributed by atoms with van der Waals surface area (Å²) in [5, 5.41) is 8.37. The number of nitrogens with zero attached hydrogens (tertiary/aromatic N) is 3. The highest BCUT2D eigenvalue weighted by molar-refractivity contribution is 5.87. The van der Waals surface area contributed by atoms with Crippen LogP contribution in [0.25, 0.3) is 0 Å². The quantitative estimate of drug-likeness (QED) is 0.806. The van der Waals surface area contributed by atoms with Crippen molar-refractivity contribution in [3.05, 3.63) is 17.5 Å². The smallest absolute Gasteiger partial charge is 0.261 e. The normalized spacial score (nSPS) is 15.1. The average Bonchev–Trinajstić information content (AvgIpc) is 2.87. The first-order valence-corrected chi connectivity index (χ1v) is 6.00. The minimum atomic E-state index is -0.115. The van der Waals surface area contributed by atoms with E-state index in [2.05, 4.69) is 15.6 Å². The third kappa shape index (κ3) is 3.15. The molecule has 0 unspecified atom stereocenters. The summed E-state index contributed by atoms with van der Waals surface area (Å²) in [6.45, 7) is 4.09. The third-order valence-electron chi connectivity index (χ3n) is 2.92. The number of carbonyl (C=O) groups excluding carboxylic acids is 1. The van der Waals surface area contributed by atoms with Gasteiger partial charge in [0, 0.05) is 11.4 Å². The number of aryl methyl sites for hydroxylation is 2. The van der Waals surface area contributed by atoms with Gasteiger partial charge >= 0.3 is 0 Å². The minimum absolute atomic E-state index is 0.115. The Morgan fingerprint density at radius 3 is 2.76 bits per heavy atom. The molecular weight excluding hydrogens is 216 g/mol. The Kier molecular flexibility index (Phi) is 3.56. The number of amides is 1. The van der Waals surface area contributed by atoms with E-state index in [1.165, 1.54) is 12.8 Å². The number of aromatic nitrogens is 2. The van der Waals surface area contributed by atoms with Crippen molar-refractivity contribution in [3.8, 4) is 0 Å². The molecule has 1 aromatic rings. The lowest BCUT2D eigenvalue weighted by atomic mass is 10.3. The molecule has 1 fully saturated rings. The lowest BCUT2D eigenvalue weighted by Gasteiger charge is -2.03. The van der Waals surface area contributed by atoms with E-state index in [9.17, 15) is 4.79 Å². The molecule has 0 radical (unpaired) electrons. The Labute approximate surface area is 101 Å². The average molecular weight is 234 g/mol. The summed E-state index contributed by atoms with van der Waals surface area (Å²) in [4.78, 5) is 11.7. The zero-order valence-electron chi connectivity index (χ0n) is 10.4. The Morgan fingerprint density at radius 2 is 2.18 bits per heavy atom. The summed E-state index contributed by atoms with van der Waals surface area (Å²) >= 11 is 0. The maximum absolute atomic E-state index is 11.7. The van der Waals surface area contributed by atoms with Gasteiger partial charge in [-0.2, -0.15) is 10.2 Å². The van der Waals surface area contributed by atoms with Crippen molar-refractivity contribution in [3.63, 3.8) is 0 Å². The van der Waals surface area contributed by atoms with Crippen molar-refractivity contribution < 1.29 is 4.79 Å². The fourth-order valence-electron chi connectivity index (χ4n) is 2.04. The highest BCUT2D eigenvalue weighted by Crippen LogP contribution is 2.13. The molecule has 5 nitrogen and oxygen atoms in total. The number of hydrogen-bond acceptors (Lipinski definition) is 3. The third-order valence-corrected chi connectivity index (χ3v) is 2.92. The summed E-state index contributed by atoms with van der Waals surface area (Å²) < 4.78 is 1.69. The first kappa shape index (κ1) is 11.8. The van der Waals surface area contributed by atoms with Gasteiger partial charge < -0.3 is 0 Å². The maximum Gasteiger partial charge on any atom is 0.261 e. The summed E-state index contributed by atoms with van der Waals surface area (Å²) in [5.74, 6) is -0.115. The van der Waals surface area contributed by atoms with Crippen LogP contribution in [0.4, 0.5) is 0 Å². The summed E-state index contributed by atoms with van der Waals surface area (Å²) in [6, 6.07) is 1.95. The van der Waals surface area contributed by atoms with Crippen molar-refractivity contribution in [1.82, 2.24) is 15.2 Å². The molecule has 0 aliphatic heterocycles. The number of rotatable bonds is 3. The van der Waals surface area contributed by atoms with Crippen molar-refractivity contribution in [2.24, 2.45) is 5.10 Å². The van der Waals surface area contributed by atoms with Gasteiger partial charge in [0.25, 0.3) is 5.91 Å². The Balaban J connectivity index is 1.89. The van der Waals surface area contributed by atoms with Gasteiger partial charge in [0.15, 0.2) is 0 Å². The largest absolute Gasteiger partial charge is 0.271 e. The molecule has 1 N–H and O–H groups in total. The van der Waals surface area contributed by atoms with Crippen LogP contribution in [0, 0.1) is 13.8 Å². The van der Waals surface area contributed by atoms with Gasteiger partial charge in [-0.25, -0.2) is 5.43 Å². The van der Waals surface area contributed by atoms with Gasteiger partial charge in [0.1, 0.15) is 6.54 Å². The SMILES string of the molecule is Cc1cc(C)n(CC(=O)NN=C2CCCC2)n1. The molecule has 1 aliphatic rings. The van der Waals surface area contributed by atoms with Crippen LogP contribution >= 0.6 is 0 Å². The lowest BCUT2D eigenvalue weighted by molar-refractivity contribution is -0.121. The van der Waals surface area contributed by atoms with Crippen LogP contribution in [0.15, 0.2) is 11.2 Å². The highest BCUT2D eigenvalue weighted by atomic mass is 16.2. The van der Waals surface area contributed by atoms with Crippen molar-refractivity contribution in [2.75, 3.05) is 0 Å². The van der Waals surface area contributed by atoms with Gasteiger partial charge in [-0.05, 0) is 45.6 Å². The van der Waals surface area contributed by atoms with Gasteiger partial charge in [0.05, 0.1) is 5.69 Å². The monoisotopic (exact) mass is 234 g/mol. The number of nitrogens with one attached hydrogen (secondary N) is 1. The predicted molar refractivity (Wildman–Crippen MR) is 65.7 cm³/mol. The molecule has 92 valence electrons. The number of hydrazone groups is 1. The summed E-state index contributed by atoms with van der Waals surface area (Å²) in [5.41, 5.74) is 5.62. The molecule has 1 saturated carbocycles. The second-order valence-corrected chi connectivity index (χ2v) is 4.50. The molecule has 2 rings (SSSR count). The molecule has 0 saturated heterocycles. The van der Waals surface area contributed by atoms with Gasteiger partial charge in [-0.3, -0.25) is 9.48 Å². The Bertz CT molecular complexity index is 439. The molecule has 1 amide bonds. The maximum atomic E-state index is 11.7. The number of hydrogen-bond donors (Lipinski definition) is 1. The van der Waals surface area contributed by atoms with Crippen LogP contribution in [0.3, 0.4) is 0 Å². The fraction of sp³-hybridized carbons (Fsp3) is 0.583. The predicted octanol–water partition coefficient (Wildman–Crippen LogP) is 1.55. The van der Waals surface area contributed by atoms with Crippen LogP contribution in [0.5, 0.6) is 0 Å². The van der Waals surface area contributed by atoms with E-state index in [0.717, 1.165) is 29.9 Å². The van der Waals surface area contributed by atoms with Crippen molar-refractivity contribution in [1.29, 1.82) is 0 Å². The van der Waals surface area contributed by atoms with Crippen LogP contribution < -0.4 is 5.43 Å². The molecule has 5 heteroatoms. The van der Waals surface area contributed by atoms with Crippen LogP contribution in [0.1, 0.15) is 37.1 Å². The van der Waals surface area contributed by atoms with E-state index < -0.39 is 0 Å². The molecule has 17 heavy (non-hydrogen) atoms. The first-order valence-electron chi connectivity index (χ1n) is 6.00. The Morgan fingerprint density at radius 1 is 1.47 bits per heavy atom. The van der Waals surface area contributed by atoms with Gasteiger partial charge in [-0.1, -0.05) is 0 Å². The van der Waals surface area contributed by atoms with E-state index in [1.807, 2.05) is 19.9 Å². The summed E-state index contributed by atoms with van der Waals surface area (Å²) in [6.07, 6.45) is 4.40. The van der Waals surface area contributed by atoms with Crippen LogP contribution in [-0.2, 0) is 11.3 Å². The molecular formula is C12H18N4O. The topological polar surface area (TPSA) is 59.3 Å². The summed E-state index contributed by atoms with van der Waals surface area (Å²) in [7, 11) is 0. The van der Waals surface area contributed by atoms with E-state index in [4.69, 9.17) is 0 Å².